The number of rotatable bonds is 4. The van der Waals surface area contributed by atoms with Gasteiger partial charge in [0.05, 0.1) is 25.1 Å². The maximum atomic E-state index is 6.30. The van der Waals surface area contributed by atoms with Gasteiger partial charge in [0.1, 0.15) is 16.4 Å². The van der Waals surface area contributed by atoms with Crippen LogP contribution in [0.5, 0.6) is 11.6 Å². The maximum Gasteiger partial charge on any atom is 0.231 e. The first-order valence-electron chi connectivity index (χ1n) is 9.62. The maximum absolute atomic E-state index is 6.30. The van der Waals surface area contributed by atoms with Crippen molar-refractivity contribution in [1.82, 2.24) is 14.9 Å². The Kier molecular flexibility index (Phi) is 4.55. The summed E-state index contributed by atoms with van der Waals surface area (Å²) in [5.41, 5.74) is 2.58. The molecule has 0 unspecified atom stereocenters. The molecule has 27 heavy (non-hydrogen) atoms. The Morgan fingerprint density at radius 2 is 2.07 bits per heavy atom. The molecule has 1 aromatic carbocycles. The van der Waals surface area contributed by atoms with E-state index in [-0.39, 0.29) is 0 Å². The lowest BCUT2D eigenvalue weighted by atomic mass is 10.2. The van der Waals surface area contributed by atoms with Crippen molar-refractivity contribution in [3.8, 4) is 11.6 Å². The third-order valence-corrected chi connectivity index (χ3v) is 6.44. The van der Waals surface area contributed by atoms with Crippen LogP contribution in [0, 0.1) is 6.92 Å². The van der Waals surface area contributed by atoms with Gasteiger partial charge in [-0.15, -0.1) is 11.3 Å². The Morgan fingerprint density at radius 1 is 1.19 bits per heavy atom. The molecule has 1 fully saturated rings. The summed E-state index contributed by atoms with van der Waals surface area (Å²) in [6.45, 7) is 6.23. The molecule has 2 aliphatic rings. The molecule has 5 nitrogen and oxygen atoms in total. The van der Waals surface area contributed by atoms with Gasteiger partial charge in [0.2, 0.25) is 5.88 Å². The van der Waals surface area contributed by atoms with Crippen LogP contribution in [0.15, 0.2) is 24.3 Å². The van der Waals surface area contributed by atoms with Crippen LogP contribution in [0.3, 0.4) is 0 Å². The van der Waals surface area contributed by atoms with Crippen molar-refractivity contribution in [2.45, 2.75) is 32.7 Å². The number of nitrogens with zero attached hydrogens (tertiary/aromatic N) is 3. The molecular weight excluding hydrogens is 358 g/mol. The van der Waals surface area contributed by atoms with Crippen LogP contribution >= 0.6 is 11.3 Å². The minimum Gasteiger partial charge on any atom is -0.438 e. The van der Waals surface area contributed by atoms with Crippen LogP contribution in [0.4, 0.5) is 0 Å². The van der Waals surface area contributed by atoms with Gasteiger partial charge >= 0.3 is 0 Å². The molecule has 1 aliphatic carbocycles. The van der Waals surface area contributed by atoms with Crippen LogP contribution in [0.1, 0.15) is 28.2 Å². The van der Waals surface area contributed by atoms with Crippen molar-refractivity contribution in [3.05, 3.63) is 46.1 Å². The van der Waals surface area contributed by atoms with Crippen LogP contribution in [-0.4, -0.2) is 41.2 Å². The third-order valence-electron chi connectivity index (χ3n) is 5.25. The Hall–Kier alpha value is -2.02. The number of ether oxygens (including phenoxy) is 2. The summed E-state index contributed by atoms with van der Waals surface area (Å²) in [5.74, 6) is 2.39. The molecule has 3 aromatic rings. The van der Waals surface area contributed by atoms with E-state index in [9.17, 15) is 0 Å². The van der Waals surface area contributed by atoms with E-state index in [0.29, 0.717) is 5.88 Å². The first kappa shape index (κ1) is 17.1. The summed E-state index contributed by atoms with van der Waals surface area (Å²) in [7, 11) is 0. The van der Waals surface area contributed by atoms with Crippen molar-refractivity contribution in [3.63, 3.8) is 0 Å². The van der Waals surface area contributed by atoms with Gasteiger partial charge in [0.15, 0.2) is 0 Å². The van der Waals surface area contributed by atoms with E-state index in [1.165, 1.54) is 22.4 Å². The van der Waals surface area contributed by atoms with Crippen molar-refractivity contribution in [2.75, 3.05) is 26.3 Å². The van der Waals surface area contributed by atoms with Crippen LogP contribution < -0.4 is 4.74 Å². The zero-order chi connectivity index (χ0) is 18.2. The van der Waals surface area contributed by atoms with Crippen molar-refractivity contribution in [1.29, 1.82) is 0 Å². The minimum absolute atomic E-state index is 0.716. The van der Waals surface area contributed by atoms with E-state index in [1.807, 2.05) is 23.5 Å². The summed E-state index contributed by atoms with van der Waals surface area (Å²) in [5, 5.41) is 1.12. The number of hydrogen-bond acceptors (Lipinski definition) is 6. The summed E-state index contributed by atoms with van der Waals surface area (Å²) in [4.78, 5) is 14.6. The molecule has 140 valence electrons. The molecule has 0 saturated carbocycles. The highest BCUT2D eigenvalue weighted by Crippen LogP contribution is 2.41. The van der Waals surface area contributed by atoms with Gasteiger partial charge in [-0.2, -0.15) is 4.98 Å². The highest BCUT2D eigenvalue weighted by molar-refractivity contribution is 7.19. The SMILES string of the molecule is Cc1cccc(Oc2nc(CN3CCOCC3)nc3sc4c(c23)CCC4)c1. The highest BCUT2D eigenvalue weighted by Gasteiger charge is 2.24. The Labute approximate surface area is 163 Å². The average molecular weight is 382 g/mol. The van der Waals surface area contributed by atoms with Gasteiger partial charge in [-0.25, -0.2) is 4.98 Å². The molecule has 0 amide bonds. The normalized spacial score (nSPS) is 17.4. The van der Waals surface area contributed by atoms with E-state index < -0.39 is 0 Å². The first-order valence-corrected chi connectivity index (χ1v) is 10.4. The van der Waals surface area contributed by atoms with Crippen molar-refractivity contribution < 1.29 is 9.47 Å². The Balaban J connectivity index is 1.55. The fraction of sp³-hybridized carbons (Fsp3) is 0.429. The molecular formula is C21H23N3O2S. The van der Waals surface area contributed by atoms with Gasteiger partial charge in [0, 0.05) is 18.0 Å². The highest BCUT2D eigenvalue weighted by atomic mass is 32.1. The van der Waals surface area contributed by atoms with Gasteiger partial charge in [-0.05, 0) is 49.4 Å². The predicted molar refractivity (Wildman–Crippen MR) is 107 cm³/mol. The molecule has 1 aliphatic heterocycles. The van der Waals surface area contributed by atoms with Gasteiger partial charge < -0.3 is 9.47 Å². The van der Waals surface area contributed by atoms with Gasteiger partial charge in [0.25, 0.3) is 0 Å². The van der Waals surface area contributed by atoms with E-state index >= 15 is 0 Å². The smallest absolute Gasteiger partial charge is 0.231 e. The fourth-order valence-corrected chi connectivity index (χ4v) is 5.17. The summed E-state index contributed by atoms with van der Waals surface area (Å²) in [6, 6.07) is 8.15. The van der Waals surface area contributed by atoms with E-state index in [4.69, 9.17) is 19.4 Å². The number of benzene rings is 1. The summed E-state index contributed by atoms with van der Waals surface area (Å²) in [6.07, 6.45) is 3.47. The number of aromatic nitrogens is 2. The number of fused-ring (bicyclic) bond motifs is 3. The molecule has 0 spiro atoms. The van der Waals surface area contributed by atoms with Gasteiger partial charge in [-0.3, -0.25) is 4.90 Å². The topological polar surface area (TPSA) is 47.5 Å². The second kappa shape index (κ2) is 7.19. The molecule has 0 N–H and O–H groups in total. The number of morpholine rings is 1. The predicted octanol–water partition coefficient (Wildman–Crippen LogP) is 4.11. The second-order valence-electron chi connectivity index (χ2n) is 7.29. The molecule has 0 bridgehead atoms. The lowest BCUT2D eigenvalue weighted by Gasteiger charge is -2.25. The van der Waals surface area contributed by atoms with E-state index in [0.717, 1.165) is 67.5 Å². The lowest BCUT2D eigenvalue weighted by molar-refractivity contribution is 0.0330. The van der Waals surface area contributed by atoms with Crippen molar-refractivity contribution in [2.24, 2.45) is 0 Å². The zero-order valence-corrected chi connectivity index (χ0v) is 16.3. The first-order chi connectivity index (χ1) is 13.3. The van der Waals surface area contributed by atoms with E-state index in [2.05, 4.69) is 24.0 Å². The Bertz CT molecular complexity index is 979. The minimum atomic E-state index is 0.716. The van der Waals surface area contributed by atoms with Crippen LogP contribution in [0.2, 0.25) is 0 Å². The third kappa shape index (κ3) is 3.45. The average Bonchev–Trinajstić information content (AvgIpc) is 3.23. The quantitative estimate of drug-likeness (QED) is 0.681. The molecule has 2 aromatic heterocycles. The summed E-state index contributed by atoms with van der Waals surface area (Å²) >= 11 is 1.82. The number of aryl methyl sites for hydroxylation is 3. The molecule has 3 heterocycles. The second-order valence-corrected chi connectivity index (χ2v) is 8.37. The monoisotopic (exact) mass is 381 g/mol. The van der Waals surface area contributed by atoms with E-state index in [1.54, 1.807) is 0 Å². The zero-order valence-electron chi connectivity index (χ0n) is 15.5. The number of hydrogen-bond donors (Lipinski definition) is 0. The lowest BCUT2D eigenvalue weighted by Crippen LogP contribution is -2.36. The van der Waals surface area contributed by atoms with Crippen molar-refractivity contribution >= 4 is 21.6 Å². The van der Waals surface area contributed by atoms with Crippen LogP contribution in [-0.2, 0) is 24.1 Å². The largest absolute Gasteiger partial charge is 0.438 e. The standard InChI is InChI=1S/C21H23N3O2S/c1-14-4-2-5-15(12-14)26-20-19-16-6-3-7-17(16)27-21(19)23-18(22-20)13-24-8-10-25-11-9-24/h2,4-5,12H,3,6-11,13H2,1H3. The molecule has 0 atom stereocenters. The molecule has 0 radical (unpaired) electrons. The Morgan fingerprint density at radius 3 is 2.93 bits per heavy atom. The van der Waals surface area contributed by atoms with Gasteiger partial charge in [-0.1, -0.05) is 12.1 Å². The molecule has 1 saturated heterocycles. The molecule has 5 rings (SSSR count). The number of thiophene rings is 1. The fourth-order valence-electron chi connectivity index (χ4n) is 3.90. The summed E-state index contributed by atoms with van der Waals surface area (Å²) < 4.78 is 11.8. The molecule has 6 heteroatoms. The van der Waals surface area contributed by atoms with Crippen LogP contribution in [0.25, 0.3) is 10.2 Å².